The molecule has 20 heavy (non-hydrogen) atoms. The van der Waals surface area contributed by atoms with Gasteiger partial charge in [-0.1, -0.05) is 15.9 Å². The molecule has 3 nitrogen and oxygen atoms in total. The van der Waals surface area contributed by atoms with Crippen LogP contribution in [0.5, 0.6) is 0 Å². The van der Waals surface area contributed by atoms with Crippen molar-refractivity contribution in [2.45, 2.75) is 12.2 Å². The third-order valence-corrected chi connectivity index (χ3v) is 3.52. The van der Waals surface area contributed by atoms with Crippen LogP contribution in [0.2, 0.25) is 0 Å². The van der Waals surface area contributed by atoms with Crippen molar-refractivity contribution in [1.29, 1.82) is 0 Å². The molecule has 0 radical (unpaired) electrons. The molecule has 0 amide bonds. The molecule has 0 spiro atoms. The molecule has 0 saturated carbocycles. The van der Waals surface area contributed by atoms with Gasteiger partial charge in [-0.2, -0.15) is 13.2 Å². The van der Waals surface area contributed by atoms with Gasteiger partial charge in [-0.15, -0.1) is 0 Å². The van der Waals surface area contributed by atoms with Gasteiger partial charge in [0.1, 0.15) is 0 Å². The third-order valence-electron chi connectivity index (χ3n) is 2.80. The van der Waals surface area contributed by atoms with Crippen LogP contribution in [0.3, 0.4) is 0 Å². The molecule has 7 heteroatoms. The molecule has 0 aliphatic rings. The fraction of sp³-hybridized carbons (Fsp3) is 0.231. The molecule has 0 saturated heterocycles. The molecule has 106 valence electrons. The predicted molar refractivity (Wildman–Crippen MR) is 72.1 cm³/mol. The van der Waals surface area contributed by atoms with Crippen LogP contribution in [-0.2, 0) is 6.18 Å². The standard InChI is InChI=1S/C13H11BrF3N3/c1-18-12(11-7-19-4-5-20-11)9-6-8(13(15,16)17)2-3-10(9)14/h2-7,12,18H,1H3. The Kier molecular flexibility index (Phi) is 4.39. The number of hydrogen-bond acceptors (Lipinski definition) is 3. The van der Waals surface area contributed by atoms with E-state index >= 15 is 0 Å². The maximum atomic E-state index is 12.8. The average molecular weight is 346 g/mol. The molecule has 1 N–H and O–H groups in total. The highest BCUT2D eigenvalue weighted by Crippen LogP contribution is 2.35. The number of nitrogens with one attached hydrogen (secondary N) is 1. The number of rotatable bonds is 3. The van der Waals surface area contributed by atoms with E-state index < -0.39 is 17.8 Å². The minimum Gasteiger partial charge on any atom is -0.308 e. The fourth-order valence-corrected chi connectivity index (χ4v) is 2.34. The normalized spacial score (nSPS) is 13.2. The first-order valence-corrected chi connectivity index (χ1v) is 6.52. The highest BCUT2D eigenvalue weighted by molar-refractivity contribution is 9.10. The lowest BCUT2D eigenvalue weighted by Crippen LogP contribution is -2.20. The Hall–Kier alpha value is -1.47. The Bertz CT molecular complexity index is 587. The van der Waals surface area contributed by atoms with Crippen LogP contribution >= 0.6 is 15.9 Å². The number of nitrogens with zero attached hydrogens (tertiary/aromatic N) is 2. The van der Waals surface area contributed by atoms with E-state index in [0.29, 0.717) is 15.7 Å². The van der Waals surface area contributed by atoms with E-state index in [9.17, 15) is 13.2 Å². The van der Waals surface area contributed by atoms with Gasteiger partial charge in [0.25, 0.3) is 0 Å². The second kappa shape index (κ2) is 5.88. The first-order chi connectivity index (χ1) is 9.43. The summed E-state index contributed by atoms with van der Waals surface area (Å²) < 4.78 is 39.0. The molecule has 0 bridgehead atoms. The van der Waals surface area contributed by atoms with Gasteiger partial charge >= 0.3 is 6.18 Å². The van der Waals surface area contributed by atoms with Crippen LogP contribution in [0, 0.1) is 0 Å². The Morgan fingerprint density at radius 3 is 2.55 bits per heavy atom. The van der Waals surface area contributed by atoms with Crippen molar-refractivity contribution in [3.05, 3.63) is 58.1 Å². The van der Waals surface area contributed by atoms with E-state index in [0.717, 1.165) is 12.1 Å². The highest BCUT2D eigenvalue weighted by Gasteiger charge is 2.32. The lowest BCUT2D eigenvalue weighted by atomic mass is 10.0. The van der Waals surface area contributed by atoms with Gasteiger partial charge in [-0.05, 0) is 30.8 Å². The molecule has 1 aromatic carbocycles. The SMILES string of the molecule is CNC(c1cnccn1)c1cc(C(F)(F)F)ccc1Br. The minimum atomic E-state index is -4.38. The minimum absolute atomic E-state index is 0.461. The molecular formula is C13H11BrF3N3. The molecule has 1 heterocycles. The van der Waals surface area contributed by atoms with E-state index in [4.69, 9.17) is 0 Å². The number of hydrogen-bond donors (Lipinski definition) is 1. The maximum Gasteiger partial charge on any atom is 0.416 e. The fourth-order valence-electron chi connectivity index (χ4n) is 1.86. The molecule has 0 fully saturated rings. The van der Waals surface area contributed by atoms with E-state index in [1.165, 1.54) is 24.7 Å². The van der Waals surface area contributed by atoms with Gasteiger partial charge in [0.2, 0.25) is 0 Å². The van der Waals surface area contributed by atoms with Crippen LogP contribution in [0.4, 0.5) is 13.2 Å². The van der Waals surface area contributed by atoms with Crippen LogP contribution in [0.25, 0.3) is 0 Å². The zero-order chi connectivity index (χ0) is 14.8. The van der Waals surface area contributed by atoms with Crippen molar-refractivity contribution < 1.29 is 13.2 Å². The summed E-state index contributed by atoms with van der Waals surface area (Å²) in [5.41, 5.74) is 0.317. The van der Waals surface area contributed by atoms with E-state index in [1.807, 2.05) is 0 Å². The first-order valence-electron chi connectivity index (χ1n) is 5.73. The average Bonchev–Trinajstić information content (AvgIpc) is 2.41. The lowest BCUT2D eigenvalue weighted by molar-refractivity contribution is -0.137. The van der Waals surface area contributed by atoms with Crippen molar-refractivity contribution in [3.8, 4) is 0 Å². The van der Waals surface area contributed by atoms with E-state index in [2.05, 4.69) is 31.2 Å². The van der Waals surface area contributed by atoms with Crippen molar-refractivity contribution in [3.63, 3.8) is 0 Å². The topological polar surface area (TPSA) is 37.8 Å². The summed E-state index contributed by atoms with van der Waals surface area (Å²) in [5.74, 6) is 0. The molecule has 0 aliphatic carbocycles. The van der Waals surface area contributed by atoms with Crippen molar-refractivity contribution in [1.82, 2.24) is 15.3 Å². The predicted octanol–water partition coefficient (Wildman–Crippen LogP) is 3.57. The Balaban J connectivity index is 2.50. The molecule has 1 atom stereocenters. The zero-order valence-electron chi connectivity index (χ0n) is 10.4. The quantitative estimate of drug-likeness (QED) is 0.924. The Morgan fingerprint density at radius 2 is 2.00 bits per heavy atom. The van der Waals surface area contributed by atoms with Gasteiger partial charge < -0.3 is 5.32 Å². The monoisotopic (exact) mass is 345 g/mol. The van der Waals surface area contributed by atoms with Gasteiger partial charge in [-0.25, -0.2) is 0 Å². The molecule has 1 unspecified atom stereocenters. The van der Waals surface area contributed by atoms with Crippen molar-refractivity contribution in [2.75, 3.05) is 7.05 Å². The van der Waals surface area contributed by atoms with Gasteiger partial charge in [0.15, 0.2) is 0 Å². The second-order valence-corrected chi connectivity index (χ2v) is 4.94. The molecule has 1 aromatic heterocycles. The molecule has 0 aliphatic heterocycles. The summed E-state index contributed by atoms with van der Waals surface area (Å²) >= 11 is 3.28. The molecule has 2 aromatic rings. The number of alkyl halides is 3. The van der Waals surface area contributed by atoms with Crippen LogP contribution in [0.15, 0.2) is 41.3 Å². The lowest BCUT2D eigenvalue weighted by Gasteiger charge is -2.19. The number of halogens is 4. The zero-order valence-corrected chi connectivity index (χ0v) is 12.0. The van der Waals surface area contributed by atoms with E-state index in [1.54, 1.807) is 7.05 Å². The van der Waals surface area contributed by atoms with Crippen LogP contribution in [0.1, 0.15) is 22.9 Å². The maximum absolute atomic E-state index is 12.8. The van der Waals surface area contributed by atoms with Crippen molar-refractivity contribution in [2.24, 2.45) is 0 Å². The van der Waals surface area contributed by atoms with E-state index in [-0.39, 0.29) is 0 Å². The molecular weight excluding hydrogens is 335 g/mol. The van der Waals surface area contributed by atoms with Crippen molar-refractivity contribution >= 4 is 15.9 Å². The summed E-state index contributed by atoms with van der Waals surface area (Å²) in [5, 5.41) is 2.95. The summed E-state index contributed by atoms with van der Waals surface area (Å²) in [6, 6.07) is 3.07. The molecule has 2 rings (SSSR count). The van der Waals surface area contributed by atoms with Gasteiger partial charge in [0, 0.05) is 16.9 Å². The summed E-state index contributed by atoms with van der Waals surface area (Å²) in [6.07, 6.45) is 0.155. The first kappa shape index (κ1) is 14.9. The summed E-state index contributed by atoms with van der Waals surface area (Å²) in [7, 11) is 1.66. The van der Waals surface area contributed by atoms with Gasteiger partial charge in [-0.3, -0.25) is 9.97 Å². The smallest absolute Gasteiger partial charge is 0.308 e. The van der Waals surface area contributed by atoms with Crippen LogP contribution in [-0.4, -0.2) is 17.0 Å². The second-order valence-electron chi connectivity index (χ2n) is 4.09. The Labute approximate surface area is 122 Å². The largest absolute Gasteiger partial charge is 0.416 e. The summed E-state index contributed by atoms with van der Waals surface area (Å²) in [6.45, 7) is 0. The van der Waals surface area contributed by atoms with Gasteiger partial charge in [0.05, 0.1) is 23.5 Å². The third kappa shape index (κ3) is 3.16. The van der Waals surface area contributed by atoms with Crippen LogP contribution < -0.4 is 5.32 Å². The Morgan fingerprint density at radius 1 is 1.25 bits per heavy atom. The number of benzene rings is 1. The highest BCUT2D eigenvalue weighted by atomic mass is 79.9. The summed E-state index contributed by atoms with van der Waals surface area (Å²) in [4.78, 5) is 8.07. The number of aromatic nitrogens is 2.